The molecule has 30 heavy (non-hydrogen) atoms. The van der Waals surface area contributed by atoms with Gasteiger partial charge >= 0.3 is 0 Å². The molecular weight excluding hydrogens is 404 g/mol. The highest BCUT2D eigenvalue weighted by molar-refractivity contribution is 7.89. The summed E-state index contributed by atoms with van der Waals surface area (Å²) in [5.41, 5.74) is 1.77. The number of rotatable bonds is 7. The number of hydrogen-bond donors (Lipinski definition) is 2. The molecular formula is C22H22N2O5S. The van der Waals surface area contributed by atoms with E-state index < -0.39 is 15.9 Å². The van der Waals surface area contributed by atoms with Gasteiger partial charge in [0.1, 0.15) is 5.76 Å². The lowest BCUT2D eigenvalue weighted by Crippen LogP contribution is -2.30. The Hall–Kier alpha value is -3.23. The number of hydrogen-bond acceptors (Lipinski definition) is 5. The molecule has 7 nitrogen and oxygen atoms in total. The highest BCUT2D eigenvalue weighted by atomic mass is 32.2. The van der Waals surface area contributed by atoms with E-state index in [2.05, 4.69) is 10.0 Å². The van der Waals surface area contributed by atoms with Gasteiger partial charge in [0.05, 0.1) is 4.90 Å². The molecule has 0 radical (unpaired) electrons. The summed E-state index contributed by atoms with van der Waals surface area (Å²) >= 11 is 0. The lowest BCUT2D eigenvalue weighted by Gasteiger charge is -2.10. The molecule has 0 saturated heterocycles. The second-order valence-corrected chi connectivity index (χ2v) is 8.77. The fraction of sp³-hybridized carbons (Fsp3) is 0.182. The van der Waals surface area contributed by atoms with Crippen molar-refractivity contribution in [3.63, 3.8) is 0 Å². The molecule has 2 N–H and O–H groups in total. The Bertz CT molecular complexity index is 1160. The Morgan fingerprint density at radius 2 is 1.53 bits per heavy atom. The van der Waals surface area contributed by atoms with Crippen molar-refractivity contribution in [3.8, 4) is 11.3 Å². The van der Waals surface area contributed by atoms with E-state index in [-0.39, 0.29) is 22.5 Å². The monoisotopic (exact) mass is 426 g/mol. The lowest BCUT2D eigenvalue weighted by molar-refractivity contribution is 0.0994. The van der Waals surface area contributed by atoms with Gasteiger partial charge in [-0.2, -0.15) is 0 Å². The van der Waals surface area contributed by atoms with Crippen LogP contribution in [0.3, 0.4) is 0 Å². The van der Waals surface area contributed by atoms with Gasteiger partial charge < -0.3 is 9.73 Å². The van der Waals surface area contributed by atoms with E-state index in [1.54, 1.807) is 50.2 Å². The first kappa shape index (κ1) is 21.5. The number of carbonyl (C=O) groups excluding carboxylic acids is 2. The van der Waals surface area contributed by atoms with Crippen LogP contribution in [0.25, 0.3) is 11.3 Å². The molecule has 1 aromatic heterocycles. The third-order valence-electron chi connectivity index (χ3n) is 4.22. The van der Waals surface area contributed by atoms with E-state index in [0.29, 0.717) is 17.0 Å². The highest BCUT2D eigenvalue weighted by Gasteiger charge is 2.16. The van der Waals surface area contributed by atoms with Gasteiger partial charge in [0, 0.05) is 22.9 Å². The number of anilines is 1. The largest absolute Gasteiger partial charge is 0.451 e. The molecule has 0 saturated carbocycles. The second kappa shape index (κ2) is 8.64. The Labute approximate surface area is 175 Å². The van der Waals surface area contributed by atoms with Crippen molar-refractivity contribution in [1.82, 2.24) is 4.72 Å². The van der Waals surface area contributed by atoms with Crippen LogP contribution in [-0.4, -0.2) is 26.2 Å². The number of sulfonamides is 1. The predicted molar refractivity (Wildman–Crippen MR) is 114 cm³/mol. The molecule has 156 valence electrons. The molecule has 0 aliphatic rings. The summed E-state index contributed by atoms with van der Waals surface area (Å²) in [4.78, 5) is 23.9. The molecule has 8 heteroatoms. The minimum Gasteiger partial charge on any atom is -0.451 e. The zero-order chi connectivity index (χ0) is 21.9. The third-order valence-corrected chi connectivity index (χ3v) is 5.89. The van der Waals surface area contributed by atoms with Crippen molar-refractivity contribution < 1.29 is 22.4 Å². The van der Waals surface area contributed by atoms with Crippen LogP contribution in [0.5, 0.6) is 0 Å². The van der Waals surface area contributed by atoms with Crippen LogP contribution >= 0.6 is 0 Å². The van der Waals surface area contributed by atoms with Crippen molar-refractivity contribution in [1.29, 1.82) is 0 Å². The molecule has 1 heterocycles. The van der Waals surface area contributed by atoms with E-state index in [0.717, 1.165) is 5.56 Å². The van der Waals surface area contributed by atoms with Crippen LogP contribution in [0, 0.1) is 0 Å². The number of ketones is 1. The number of nitrogens with one attached hydrogen (secondary N) is 2. The topological polar surface area (TPSA) is 105 Å². The standard InChI is InChI=1S/C22H22N2O5S/c1-14(2)24-30(27,28)19-10-8-18(9-11-19)23-22(26)21-13-12-20(29-21)17-6-4-16(5-7-17)15(3)25/h4-14,24H,1-3H3,(H,23,26). The minimum atomic E-state index is -3.60. The quantitative estimate of drug-likeness (QED) is 0.554. The summed E-state index contributed by atoms with van der Waals surface area (Å²) in [5, 5.41) is 2.67. The maximum Gasteiger partial charge on any atom is 0.291 e. The first-order chi connectivity index (χ1) is 14.2. The second-order valence-electron chi connectivity index (χ2n) is 7.05. The first-order valence-corrected chi connectivity index (χ1v) is 10.8. The normalized spacial score (nSPS) is 11.5. The molecule has 0 fully saturated rings. The minimum absolute atomic E-state index is 0.0279. The maximum atomic E-state index is 12.4. The number of benzene rings is 2. The van der Waals surface area contributed by atoms with Crippen molar-refractivity contribution in [2.45, 2.75) is 31.7 Å². The van der Waals surface area contributed by atoms with E-state index in [1.165, 1.54) is 31.2 Å². The van der Waals surface area contributed by atoms with Crippen molar-refractivity contribution in [2.24, 2.45) is 0 Å². The van der Waals surface area contributed by atoms with Crippen molar-refractivity contribution in [2.75, 3.05) is 5.32 Å². The predicted octanol–water partition coefficient (Wildman–Crippen LogP) is 4.09. The lowest BCUT2D eigenvalue weighted by atomic mass is 10.1. The van der Waals surface area contributed by atoms with Crippen molar-refractivity contribution >= 4 is 27.4 Å². The summed E-state index contributed by atoms with van der Waals surface area (Å²) < 4.78 is 32.4. The molecule has 3 rings (SSSR count). The highest BCUT2D eigenvalue weighted by Crippen LogP contribution is 2.23. The van der Waals surface area contributed by atoms with Crippen LogP contribution in [0.2, 0.25) is 0 Å². The van der Waals surface area contributed by atoms with Crippen LogP contribution in [0.1, 0.15) is 41.7 Å². The Balaban J connectivity index is 1.70. The summed E-state index contributed by atoms with van der Waals surface area (Å²) in [7, 11) is -3.60. The van der Waals surface area contributed by atoms with Gasteiger partial charge in [-0.05, 0) is 57.2 Å². The zero-order valence-electron chi connectivity index (χ0n) is 16.8. The number of Topliss-reactive ketones (excluding diaryl/α,β-unsaturated/α-hetero) is 1. The summed E-state index contributed by atoms with van der Waals surface area (Å²) in [6.45, 7) is 4.97. The van der Waals surface area contributed by atoms with Crippen LogP contribution in [-0.2, 0) is 10.0 Å². The van der Waals surface area contributed by atoms with Gasteiger partial charge in [-0.15, -0.1) is 0 Å². The van der Waals surface area contributed by atoms with Crippen molar-refractivity contribution in [3.05, 3.63) is 72.0 Å². The molecule has 1 amide bonds. The van der Waals surface area contributed by atoms with E-state index >= 15 is 0 Å². The fourth-order valence-electron chi connectivity index (χ4n) is 2.77. The first-order valence-electron chi connectivity index (χ1n) is 9.30. The Morgan fingerprint density at radius 1 is 0.900 bits per heavy atom. The molecule has 3 aromatic rings. The van der Waals surface area contributed by atoms with Gasteiger partial charge in [0.15, 0.2) is 11.5 Å². The number of amides is 1. The van der Waals surface area contributed by atoms with Gasteiger partial charge in [-0.1, -0.05) is 24.3 Å². The van der Waals surface area contributed by atoms with Gasteiger partial charge in [0.2, 0.25) is 10.0 Å². The molecule has 0 atom stereocenters. The zero-order valence-corrected chi connectivity index (χ0v) is 17.6. The van der Waals surface area contributed by atoms with Gasteiger partial charge in [-0.25, -0.2) is 13.1 Å². The molecule has 0 bridgehead atoms. The Morgan fingerprint density at radius 3 is 2.10 bits per heavy atom. The Kier molecular flexibility index (Phi) is 6.19. The van der Waals surface area contributed by atoms with E-state index in [1.807, 2.05) is 0 Å². The van der Waals surface area contributed by atoms with Crippen LogP contribution in [0.4, 0.5) is 5.69 Å². The molecule has 0 aliphatic carbocycles. The van der Waals surface area contributed by atoms with Crippen LogP contribution < -0.4 is 10.0 Å². The maximum absolute atomic E-state index is 12.4. The van der Waals surface area contributed by atoms with E-state index in [9.17, 15) is 18.0 Å². The number of carbonyl (C=O) groups is 2. The van der Waals surface area contributed by atoms with E-state index in [4.69, 9.17) is 4.42 Å². The SMILES string of the molecule is CC(=O)c1ccc(-c2ccc(C(=O)Nc3ccc(S(=O)(=O)NC(C)C)cc3)o2)cc1. The molecule has 0 spiro atoms. The third kappa shape index (κ3) is 5.03. The smallest absolute Gasteiger partial charge is 0.291 e. The molecule has 0 unspecified atom stereocenters. The number of furan rings is 1. The average molecular weight is 426 g/mol. The average Bonchev–Trinajstić information content (AvgIpc) is 3.18. The fourth-order valence-corrected chi connectivity index (χ4v) is 4.02. The molecule has 0 aliphatic heterocycles. The summed E-state index contributed by atoms with van der Waals surface area (Å²) in [6, 6.07) is 15.8. The van der Waals surface area contributed by atoms with Crippen LogP contribution in [0.15, 0.2) is 70.0 Å². The molecule has 2 aromatic carbocycles. The van der Waals surface area contributed by atoms with Gasteiger partial charge in [0.25, 0.3) is 5.91 Å². The summed E-state index contributed by atoms with van der Waals surface area (Å²) in [5.74, 6) is 0.118. The van der Waals surface area contributed by atoms with Gasteiger partial charge in [-0.3, -0.25) is 9.59 Å². The summed E-state index contributed by atoms with van der Waals surface area (Å²) in [6.07, 6.45) is 0.